The van der Waals surface area contributed by atoms with Gasteiger partial charge in [0.25, 0.3) is 11.8 Å². The Labute approximate surface area is 294 Å². The molecule has 0 aliphatic rings. The molecule has 0 fully saturated rings. The second-order valence-corrected chi connectivity index (χ2v) is 12.2. The number of hydrogen-bond donors (Lipinski definition) is 3. The Balaban J connectivity index is 1.19. The molecule has 50 heavy (non-hydrogen) atoms. The summed E-state index contributed by atoms with van der Waals surface area (Å²) in [6, 6.07) is 45.7. The number of furan rings is 1. The van der Waals surface area contributed by atoms with Gasteiger partial charge in [0.05, 0.1) is 7.11 Å². The van der Waals surface area contributed by atoms with E-state index in [4.69, 9.17) is 9.15 Å². The number of anilines is 2. The summed E-state index contributed by atoms with van der Waals surface area (Å²) in [7, 11) is 1.58. The van der Waals surface area contributed by atoms with Crippen LogP contribution in [0.15, 0.2) is 167 Å². The van der Waals surface area contributed by atoms with Gasteiger partial charge in [-0.1, -0.05) is 84.9 Å². The van der Waals surface area contributed by atoms with E-state index in [0.717, 1.165) is 16.0 Å². The molecule has 8 nitrogen and oxygen atoms in total. The second kappa shape index (κ2) is 16.2. The summed E-state index contributed by atoms with van der Waals surface area (Å²) >= 11 is 1.38. The molecule has 0 spiro atoms. The number of amides is 3. The molecule has 3 amide bonds. The first-order valence-electron chi connectivity index (χ1n) is 15.8. The van der Waals surface area contributed by atoms with Crippen molar-refractivity contribution in [1.82, 2.24) is 5.32 Å². The summed E-state index contributed by atoms with van der Waals surface area (Å²) in [5.74, 6) is 0.505. The number of carbonyl (C=O) groups is 3. The van der Waals surface area contributed by atoms with Gasteiger partial charge in [-0.3, -0.25) is 14.4 Å². The van der Waals surface area contributed by atoms with E-state index in [0.29, 0.717) is 34.2 Å². The van der Waals surface area contributed by atoms with Crippen molar-refractivity contribution in [1.29, 1.82) is 0 Å². The highest BCUT2D eigenvalue weighted by atomic mass is 32.2. The van der Waals surface area contributed by atoms with Crippen molar-refractivity contribution in [3.63, 3.8) is 0 Å². The van der Waals surface area contributed by atoms with Gasteiger partial charge in [0, 0.05) is 39.5 Å². The zero-order chi connectivity index (χ0) is 34.7. The molecule has 1 atom stereocenters. The van der Waals surface area contributed by atoms with Gasteiger partial charge in [0.15, 0.2) is 0 Å². The Morgan fingerprint density at radius 1 is 0.700 bits per heavy atom. The molecule has 0 saturated carbocycles. The van der Waals surface area contributed by atoms with Gasteiger partial charge in [0.2, 0.25) is 5.91 Å². The first-order chi connectivity index (χ1) is 24.4. The minimum absolute atomic E-state index is 0.00428. The molecule has 0 radical (unpaired) electrons. The van der Waals surface area contributed by atoms with Crippen LogP contribution in [0.3, 0.4) is 0 Å². The Bertz CT molecular complexity index is 2100. The standard InChI is InChI=1S/C41H33N3O5S/c1-48-33-19-11-18-32(26-33)43-41(47)38(29-14-7-3-8-15-29)50-35-23-20-31(21-24-35)42-40(46)36(44-39(45)30-16-9-4-10-17-30)27-34-22-25-37(49-34)28-12-5-2-6-13-28/h2-27,38H,1H3,(H,42,46)(H,43,47)(H,44,45)/b36-27+/t38-/m0/s1. The molecule has 1 heterocycles. The summed E-state index contributed by atoms with van der Waals surface area (Å²) in [6.07, 6.45) is 1.50. The van der Waals surface area contributed by atoms with Crippen molar-refractivity contribution in [3.05, 3.63) is 174 Å². The minimum Gasteiger partial charge on any atom is -0.497 e. The minimum atomic E-state index is -0.556. The van der Waals surface area contributed by atoms with Crippen LogP contribution in [0, 0.1) is 0 Å². The van der Waals surface area contributed by atoms with Crippen molar-refractivity contribution >= 4 is 46.9 Å². The fourth-order valence-electron chi connectivity index (χ4n) is 5.03. The highest BCUT2D eigenvalue weighted by molar-refractivity contribution is 8.00. The number of hydrogen-bond acceptors (Lipinski definition) is 6. The molecule has 0 saturated heterocycles. The summed E-state index contributed by atoms with van der Waals surface area (Å²) in [6.45, 7) is 0. The maximum absolute atomic E-state index is 13.6. The molecule has 0 aliphatic heterocycles. The number of thioether (sulfide) groups is 1. The number of carbonyl (C=O) groups excluding carboxylic acids is 3. The smallest absolute Gasteiger partial charge is 0.272 e. The third kappa shape index (κ3) is 8.77. The van der Waals surface area contributed by atoms with Gasteiger partial charge in [-0.05, 0) is 66.2 Å². The van der Waals surface area contributed by atoms with Gasteiger partial charge < -0.3 is 25.1 Å². The van der Waals surface area contributed by atoms with E-state index in [1.54, 1.807) is 55.6 Å². The van der Waals surface area contributed by atoms with E-state index < -0.39 is 17.1 Å². The Hall–Kier alpha value is -6.32. The number of nitrogens with one attached hydrogen (secondary N) is 3. The van der Waals surface area contributed by atoms with Crippen molar-refractivity contribution in [2.75, 3.05) is 17.7 Å². The lowest BCUT2D eigenvalue weighted by atomic mass is 10.1. The molecule has 6 aromatic rings. The molecule has 9 heteroatoms. The fourth-order valence-corrected chi connectivity index (χ4v) is 6.06. The van der Waals surface area contributed by atoms with Crippen LogP contribution in [0.25, 0.3) is 17.4 Å². The summed E-state index contributed by atoms with van der Waals surface area (Å²) in [5.41, 5.74) is 3.26. The molecule has 1 aromatic heterocycles. The molecular weight excluding hydrogens is 647 g/mol. The van der Waals surface area contributed by atoms with E-state index in [1.165, 1.54) is 17.8 Å². The Morgan fingerprint density at radius 2 is 1.38 bits per heavy atom. The summed E-state index contributed by atoms with van der Waals surface area (Å²) < 4.78 is 11.3. The van der Waals surface area contributed by atoms with E-state index in [-0.39, 0.29) is 11.6 Å². The second-order valence-electron chi connectivity index (χ2n) is 11.1. The van der Waals surface area contributed by atoms with E-state index in [9.17, 15) is 14.4 Å². The largest absolute Gasteiger partial charge is 0.497 e. The van der Waals surface area contributed by atoms with Crippen molar-refractivity contribution in [2.45, 2.75) is 10.1 Å². The lowest BCUT2D eigenvalue weighted by Crippen LogP contribution is -2.30. The molecule has 0 unspecified atom stereocenters. The number of benzene rings is 5. The number of ether oxygens (including phenoxy) is 1. The van der Waals surface area contributed by atoms with Crippen LogP contribution >= 0.6 is 11.8 Å². The lowest BCUT2D eigenvalue weighted by Gasteiger charge is -2.18. The average molecular weight is 680 g/mol. The fraction of sp³-hybridized carbons (Fsp3) is 0.0488. The van der Waals surface area contributed by atoms with Crippen molar-refractivity contribution in [2.24, 2.45) is 0 Å². The van der Waals surface area contributed by atoms with Gasteiger partial charge in [-0.2, -0.15) is 0 Å². The van der Waals surface area contributed by atoms with E-state index in [2.05, 4.69) is 16.0 Å². The highest BCUT2D eigenvalue weighted by Crippen LogP contribution is 2.37. The molecule has 3 N–H and O–H groups in total. The van der Waals surface area contributed by atoms with Crippen LogP contribution in [0.5, 0.6) is 5.75 Å². The molecular formula is C41H33N3O5S. The van der Waals surface area contributed by atoms with E-state index in [1.807, 2.05) is 103 Å². The van der Waals surface area contributed by atoms with Gasteiger partial charge in [-0.25, -0.2) is 0 Å². The predicted molar refractivity (Wildman–Crippen MR) is 198 cm³/mol. The van der Waals surface area contributed by atoms with Crippen molar-refractivity contribution in [3.8, 4) is 17.1 Å². The Kier molecular flexibility index (Phi) is 10.9. The third-order valence-corrected chi connectivity index (χ3v) is 8.81. The maximum Gasteiger partial charge on any atom is 0.272 e. The average Bonchev–Trinajstić information content (AvgIpc) is 3.64. The van der Waals surface area contributed by atoms with Crippen molar-refractivity contribution < 1.29 is 23.5 Å². The zero-order valence-corrected chi connectivity index (χ0v) is 27.9. The molecule has 5 aromatic carbocycles. The normalized spacial score (nSPS) is 11.7. The Morgan fingerprint density at radius 3 is 2.08 bits per heavy atom. The monoisotopic (exact) mass is 679 g/mol. The maximum atomic E-state index is 13.6. The van der Waals surface area contributed by atoms with Crippen LogP contribution in [-0.2, 0) is 9.59 Å². The topological polar surface area (TPSA) is 110 Å². The summed E-state index contributed by atoms with van der Waals surface area (Å²) in [4.78, 5) is 41.1. The molecule has 0 aliphatic carbocycles. The van der Waals surface area contributed by atoms with Crippen LogP contribution in [0.4, 0.5) is 11.4 Å². The zero-order valence-electron chi connectivity index (χ0n) is 27.0. The van der Waals surface area contributed by atoms with Crippen LogP contribution < -0.4 is 20.7 Å². The van der Waals surface area contributed by atoms with E-state index >= 15 is 0 Å². The molecule has 0 bridgehead atoms. The predicted octanol–water partition coefficient (Wildman–Crippen LogP) is 8.84. The number of methoxy groups -OCH3 is 1. The molecule has 6 rings (SSSR count). The van der Waals surface area contributed by atoms with Gasteiger partial charge >= 0.3 is 0 Å². The van der Waals surface area contributed by atoms with Crippen LogP contribution in [-0.4, -0.2) is 24.8 Å². The number of rotatable bonds is 12. The third-order valence-electron chi connectivity index (χ3n) is 7.54. The highest BCUT2D eigenvalue weighted by Gasteiger charge is 2.23. The quantitative estimate of drug-likeness (QED) is 0.0881. The van der Waals surface area contributed by atoms with Crippen LogP contribution in [0.1, 0.15) is 26.9 Å². The van der Waals surface area contributed by atoms with Gasteiger partial charge in [-0.15, -0.1) is 11.8 Å². The molecule has 248 valence electrons. The summed E-state index contributed by atoms with van der Waals surface area (Å²) in [5, 5.41) is 8.05. The van der Waals surface area contributed by atoms with Gasteiger partial charge in [0.1, 0.15) is 28.2 Å². The van der Waals surface area contributed by atoms with Crippen LogP contribution in [0.2, 0.25) is 0 Å². The first-order valence-corrected chi connectivity index (χ1v) is 16.6. The SMILES string of the molecule is COc1cccc(NC(=O)[C@@H](Sc2ccc(NC(=O)/C(=C\c3ccc(-c4ccccc4)o3)NC(=O)c3ccccc3)cc2)c2ccccc2)c1. The lowest BCUT2D eigenvalue weighted by molar-refractivity contribution is -0.116. The first kappa shape index (κ1) is 33.6.